The molecule has 2 rings (SSSR count). The number of hydrogen-bond acceptors (Lipinski definition) is 5. The monoisotopic (exact) mass is 278 g/mol. The summed E-state index contributed by atoms with van der Waals surface area (Å²) in [7, 11) is 1.71. The molecule has 0 bridgehead atoms. The molecule has 110 valence electrons. The Morgan fingerprint density at radius 1 is 1.50 bits per heavy atom. The van der Waals surface area contributed by atoms with E-state index in [0.29, 0.717) is 24.9 Å². The molecule has 20 heavy (non-hydrogen) atoms. The first kappa shape index (κ1) is 14.9. The van der Waals surface area contributed by atoms with Crippen LogP contribution in [-0.2, 0) is 22.4 Å². The summed E-state index contributed by atoms with van der Waals surface area (Å²) in [6.45, 7) is 5.15. The minimum Gasteiger partial charge on any atom is -0.384 e. The second kappa shape index (κ2) is 7.36. The summed E-state index contributed by atoms with van der Waals surface area (Å²) in [6, 6.07) is 2.18. The summed E-state index contributed by atoms with van der Waals surface area (Å²) in [5.41, 5.74) is 1.95. The van der Waals surface area contributed by atoms with Gasteiger partial charge in [0.1, 0.15) is 5.69 Å². The Morgan fingerprint density at radius 2 is 2.25 bits per heavy atom. The summed E-state index contributed by atoms with van der Waals surface area (Å²) in [6.07, 6.45) is 2.28. The Kier molecular flexibility index (Phi) is 5.50. The predicted molar refractivity (Wildman–Crippen MR) is 73.2 cm³/mol. The summed E-state index contributed by atoms with van der Waals surface area (Å²) in [4.78, 5) is 0. The summed E-state index contributed by atoms with van der Waals surface area (Å²) >= 11 is 0. The van der Waals surface area contributed by atoms with Crippen LogP contribution in [0, 0.1) is 17.2 Å². The average molecular weight is 278 g/mol. The third-order valence-corrected chi connectivity index (χ3v) is 3.64. The average Bonchev–Trinajstić information content (AvgIpc) is 2.83. The largest absolute Gasteiger partial charge is 0.384 e. The predicted octanol–water partition coefficient (Wildman–Crippen LogP) is 1.52. The van der Waals surface area contributed by atoms with Crippen LogP contribution in [0.4, 0.5) is 0 Å². The van der Waals surface area contributed by atoms with Crippen LogP contribution >= 0.6 is 0 Å². The van der Waals surface area contributed by atoms with Crippen LogP contribution in [0.5, 0.6) is 0 Å². The Balaban J connectivity index is 2.20. The first-order valence-electron chi connectivity index (χ1n) is 7.12. The topological polar surface area (TPSA) is 73.0 Å². The molecule has 0 spiro atoms. The van der Waals surface area contributed by atoms with Crippen LogP contribution < -0.4 is 0 Å². The highest BCUT2D eigenvalue weighted by Gasteiger charge is 2.25. The quantitative estimate of drug-likeness (QED) is 0.789. The van der Waals surface area contributed by atoms with Gasteiger partial charge in [-0.1, -0.05) is 12.1 Å². The highest BCUT2D eigenvalue weighted by molar-refractivity contribution is 5.19. The fraction of sp³-hybridized carbons (Fsp3) is 0.786. The van der Waals surface area contributed by atoms with Gasteiger partial charge in [0.2, 0.25) is 0 Å². The maximum atomic E-state index is 8.95. The van der Waals surface area contributed by atoms with Gasteiger partial charge in [-0.15, -0.1) is 5.10 Å². The van der Waals surface area contributed by atoms with Crippen molar-refractivity contribution in [3.8, 4) is 6.07 Å². The van der Waals surface area contributed by atoms with Crippen LogP contribution in [0.2, 0.25) is 0 Å². The van der Waals surface area contributed by atoms with Crippen molar-refractivity contribution in [2.45, 2.75) is 38.6 Å². The van der Waals surface area contributed by atoms with Crippen molar-refractivity contribution < 1.29 is 9.47 Å². The van der Waals surface area contributed by atoms with Gasteiger partial charge < -0.3 is 9.47 Å². The number of ether oxygens (including phenoxy) is 2. The van der Waals surface area contributed by atoms with E-state index in [-0.39, 0.29) is 0 Å². The maximum Gasteiger partial charge on any atom is 0.100 e. The third kappa shape index (κ3) is 3.56. The molecule has 1 aliphatic rings. The van der Waals surface area contributed by atoms with Gasteiger partial charge in [0.25, 0.3) is 0 Å². The number of nitriles is 1. The van der Waals surface area contributed by atoms with Gasteiger partial charge >= 0.3 is 0 Å². The molecule has 0 saturated carbocycles. The number of nitrogens with zero attached hydrogens (tertiary/aromatic N) is 4. The first-order valence-corrected chi connectivity index (χ1v) is 7.12. The minimum atomic E-state index is 0.325. The van der Waals surface area contributed by atoms with Gasteiger partial charge in [-0.2, -0.15) is 5.26 Å². The molecule has 0 aliphatic carbocycles. The van der Waals surface area contributed by atoms with Crippen molar-refractivity contribution in [3.63, 3.8) is 0 Å². The summed E-state index contributed by atoms with van der Waals surface area (Å²) in [5, 5.41) is 17.4. The van der Waals surface area contributed by atoms with E-state index in [1.54, 1.807) is 7.11 Å². The van der Waals surface area contributed by atoms with Crippen molar-refractivity contribution >= 4 is 0 Å². The van der Waals surface area contributed by atoms with Gasteiger partial charge in [0.05, 0.1) is 24.8 Å². The molecule has 1 fully saturated rings. The van der Waals surface area contributed by atoms with Crippen LogP contribution in [0.1, 0.15) is 37.1 Å². The lowest BCUT2D eigenvalue weighted by Gasteiger charge is -2.24. The molecular weight excluding hydrogens is 256 g/mol. The van der Waals surface area contributed by atoms with E-state index >= 15 is 0 Å². The smallest absolute Gasteiger partial charge is 0.100 e. The fourth-order valence-corrected chi connectivity index (χ4v) is 2.74. The molecule has 1 aliphatic heterocycles. The van der Waals surface area contributed by atoms with Crippen molar-refractivity contribution in [2.75, 3.05) is 26.9 Å². The Bertz CT molecular complexity index is 460. The molecular formula is C14H22N4O2. The lowest BCUT2D eigenvalue weighted by Crippen LogP contribution is -2.21. The molecule has 1 aromatic rings. The molecule has 2 heterocycles. The van der Waals surface area contributed by atoms with E-state index < -0.39 is 0 Å². The van der Waals surface area contributed by atoms with E-state index in [9.17, 15) is 0 Å². The fourth-order valence-electron chi connectivity index (χ4n) is 2.74. The lowest BCUT2D eigenvalue weighted by molar-refractivity contribution is 0.0826. The molecule has 1 atom stereocenters. The minimum absolute atomic E-state index is 0.325. The van der Waals surface area contributed by atoms with Crippen molar-refractivity contribution in [2.24, 2.45) is 5.92 Å². The van der Waals surface area contributed by atoms with Crippen LogP contribution in [-0.4, -0.2) is 41.9 Å². The molecule has 1 unspecified atom stereocenters. The van der Waals surface area contributed by atoms with Gasteiger partial charge in [-0.25, -0.2) is 4.68 Å². The van der Waals surface area contributed by atoms with Crippen LogP contribution in [0.3, 0.4) is 0 Å². The molecule has 0 aromatic carbocycles. The number of methoxy groups -OCH3 is 1. The second-order valence-electron chi connectivity index (χ2n) is 5.39. The standard InChI is InChI=1S/C14H22N4O2/c1-11(10-19-2)9-18-14(12-4-7-20-8-5-12)13(3-6-15)16-17-18/h11-12H,3-5,7-10H2,1-2H3. The normalized spacial score (nSPS) is 17.9. The lowest BCUT2D eigenvalue weighted by atomic mass is 9.94. The van der Waals surface area contributed by atoms with E-state index in [1.807, 2.05) is 4.68 Å². The van der Waals surface area contributed by atoms with Crippen molar-refractivity contribution in [3.05, 3.63) is 11.4 Å². The Morgan fingerprint density at radius 3 is 2.90 bits per heavy atom. The molecule has 0 radical (unpaired) electrons. The zero-order valence-electron chi connectivity index (χ0n) is 12.2. The molecule has 1 aromatic heterocycles. The summed E-state index contributed by atoms with van der Waals surface area (Å²) < 4.78 is 12.6. The van der Waals surface area contributed by atoms with Gasteiger partial charge in [-0.3, -0.25) is 0 Å². The highest BCUT2D eigenvalue weighted by Crippen LogP contribution is 2.29. The molecule has 0 N–H and O–H groups in total. The van der Waals surface area contributed by atoms with Gasteiger partial charge in [-0.05, 0) is 18.8 Å². The van der Waals surface area contributed by atoms with E-state index in [1.165, 1.54) is 0 Å². The Hall–Kier alpha value is -1.45. The van der Waals surface area contributed by atoms with Crippen molar-refractivity contribution in [1.29, 1.82) is 5.26 Å². The van der Waals surface area contributed by atoms with Gasteiger partial charge in [0, 0.05) is 32.8 Å². The highest BCUT2D eigenvalue weighted by atomic mass is 16.5. The zero-order chi connectivity index (χ0) is 14.4. The van der Waals surface area contributed by atoms with Crippen LogP contribution in [0.25, 0.3) is 0 Å². The summed E-state index contributed by atoms with van der Waals surface area (Å²) in [5.74, 6) is 0.770. The number of hydrogen-bond donors (Lipinski definition) is 0. The maximum absolute atomic E-state index is 8.95. The molecule has 6 nitrogen and oxygen atoms in total. The SMILES string of the molecule is COCC(C)Cn1nnc(CC#N)c1C1CCOCC1. The zero-order valence-corrected chi connectivity index (χ0v) is 12.2. The third-order valence-electron chi connectivity index (χ3n) is 3.64. The first-order chi connectivity index (χ1) is 9.76. The van der Waals surface area contributed by atoms with E-state index in [4.69, 9.17) is 14.7 Å². The number of aromatic nitrogens is 3. The molecule has 1 saturated heterocycles. The van der Waals surface area contributed by atoms with Crippen LogP contribution in [0.15, 0.2) is 0 Å². The molecule has 6 heteroatoms. The van der Waals surface area contributed by atoms with E-state index in [2.05, 4.69) is 23.3 Å². The van der Waals surface area contributed by atoms with E-state index in [0.717, 1.165) is 44.0 Å². The molecule has 0 amide bonds. The number of rotatable bonds is 6. The van der Waals surface area contributed by atoms with Gasteiger partial charge in [0.15, 0.2) is 0 Å². The Labute approximate surface area is 119 Å². The van der Waals surface area contributed by atoms with Crippen molar-refractivity contribution in [1.82, 2.24) is 15.0 Å². The second-order valence-corrected chi connectivity index (χ2v) is 5.39.